The molecule has 9 heteroatoms. The van der Waals surface area contributed by atoms with Gasteiger partial charge in [-0.25, -0.2) is 0 Å². The van der Waals surface area contributed by atoms with E-state index in [1.807, 2.05) is 5.32 Å². The Labute approximate surface area is 152 Å². The van der Waals surface area contributed by atoms with Crippen LogP contribution >= 0.6 is 0 Å². The topological polar surface area (TPSA) is 41.1 Å². The summed E-state index contributed by atoms with van der Waals surface area (Å²) in [5, 5.41) is 5.11. The van der Waals surface area contributed by atoms with Crippen LogP contribution < -0.4 is 10.6 Å². The standard InChI is InChI=1S/C18H20F6N2O/c19-17(20,21)14-5-3-10(4-6-14)15(18(22,23)24)26-16(27)11-1-2-12-8-25-9-13(12)7-11/h1-2,7,10,14-15,25H,3-6,8-9H2,(H,26,27)/t10?,14?,15-/m1/s1. The zero-order valence-electron chi connectivity index (χ0n) is 14.4. The molecule has 0 bridgehead atoms. The highest BCUT2D eigenvalue weighted by Gasteiger charge is 2.49. The maximum absolute atomic E-state index is 13.5. The zero-order valence-corrected chi connectivity index (χ0v) is 14.4. The molecule has 1 aliphatic heterocycles. The van der Waals surface area contributed by atoms with Crippen molar-refractivity contribution in [1.29, 1.82) is 0 Å². The molecule has 1 amide bonds. The lowest BCUT2D eigenvalue weighted by atomic mass is 9.78. The molecule has 1 atom stereocenters. The minimum absolute atomic E-state index is 0.121. The quantitative estimate of drug-likeness (QED) is 0.750. The minimum Gasteiger partial charge on any atom is -0.340 e. The minimum atomic E-state index is -4.72. The van der Waals surface area contributed by atoms with Crippen LogP contribution in [0, 0.1) is 11.8 Å². The Morgan fingerprint density at radius 3 is 2.22 bits per heavy atom. The molecular weight excluding hydrogens is 374 g/mol. The number of halogens is 6. The van der Waals surface area contributed by atoms with Crippen molar-refractivity contribution < 1.29 is 31.1 Å². The maximum Gasteiger partial charge on any atom is 0.408 e. The summed E-state index contributed by atoms with van der Waals surface area (Å²) in [6, 6.07) is 2.57. The molecule has 0 saturated heterocycles. The van der Waals surface area contributed by atoms with Gasteiger partial charge in [0.1, 0.15) is 6.04 Å². The normalized spacial score (nSPS) is 24.4. The van der Waals surface area contributed by atoms with Gasteiger partial charge in [-0.3, -0.25) is 4.79 Å². The van der Waals surface area contributed by atoms with Gasteiger partial charge in [-0.05, 0) is 54.9 Å². The average Bonchev–Trinajstić information content (AvgIpc) is 3.05. The Morgan fingerprint density at radius 2 is 1.63 bits per heavy atom. The second kappa shape index (κ2) is 7.33. The first-order chi connectivity index (χ1) is 12.6. The fourth-order valence-electron chi connectivity index (χ4n) is 3.91. The van der Waals surface area contributed by atoms with Gasteiger partial charge in [0.2, 0.25) is 0 Å². The zero-order chi connectivity index (χ0) is 19.8. The first kappa shape index (κ1) is 20.0. The van der Waals surface area contributed by atoms with Crippen LogP contribution in [0.15, 0.2) is 18.2 Å². The van der Waals surface area contributed by atoms with Crippen LogP contribution in [0.25, 0.3) is 0 Å². The van der Waals surface area contributed by atoms with Gasteiger partial charge in [0, 0.05) is 18.7 Å². The third-order valence-electron chi connectivity index (χ3n) is 5.44. The van der Waals surface area contributed by atoms with E-state index in [0.29, 0.717) is 13.1 Å². The van der Waals surface area contributed by atoms with Crippen LogP contribution in [0.3, 0.4) is 0 Å². The van der Waals surface area contributed by atoms with E-state index in [9.17, 15) is 31.1 Å². The summed E-state index contributed by atoms with van der Waals surface area (Å²) in [4.78, 5) is 12.4. The van der Waals surface area contributed by atoms with Crippen molar-refractivity contribution in [3.05, 3.63) is 34.9 Å². The molecule has 1 fully saturated rings. The molecule has 150 valence electrons. The molecular formula is C18H20F6N2O. The second-order valence-corrected chi connectivity index (χ2v) is 7.23. The Bertz CT molecular complexity index is 692. The molecule has 1 heterocycles. The summed E-state index contributed by atoms with van der Waals surface area (Å²) < 4.78 is 78.7. The van der Waals surface area contributed by atoms with Crippen LogP contribution in [-0.2, 0) is 13.1 Å². The highest BCUT2D eigenvalue weighted by atomic mass is 19.4. The van der Waals surface area contributed by atoms with Crippen LogP contribution in [0.2, 0.25) is 0 Å². The lowest BCUT2D eigenvalue weighted by Gasteiger charge is -2.35. The third-order valence-corrected chi connectivity index (χ3v) is 5.44. The molecule has 1 aromatic carbocycles. The van der Waals surface area contributed by atoms with Gasteiger partial charge in [-0.1, -0.05) is 6.07 Å². The summed E-state index contributed by atoms with van der Waals surface area (Å²) in [5.41, 5.74) is 1.97. The third kappa shape index (κ3) is 4.56. The number of rotatable bonds is 3. The largest absolute Gasteiger partial charge is 0.408 e. The number of benzene rings is 1. The molecule has 3 nitrogen and oxygen atoms in total. The summed E-state index contributed by atoms with van der Waals surface area (Å²) in [6.45, 7) is 1.19. The van der Waals surface area contributed by atoms with Crippen LogP contribution in [0.5, 0.6) is 0 Å². The van der Waals surface area contributed by atoms with E-state index in [-0.39, 0.29) is 31.2 Å². The first-order valence-corrected chi connectivity index (χ1v) is 8.82. The molecule has 1 aliphatic carbocycles. The molecule has 0 spiro atoms. The number of alkyl halides is 6. The van der Waals surface area contributed by atoms with E-state index >= 15 is 0 Å². The lowest BCUT2D eigenvalue weighted by Crippen LogP contribution is -2.51. The monoisotopic (exact) mass is 394 g/mol. The highest BCUT2D eigenvalue weighted by molar-refractivity contribution is 5.94. The van der Waals surface area contributed by atoms with Crippen LogP contribution in [0.4, 0.5) is 26.3 Å². The van der Waals surface area contributed by atoms with Gasteiger partial charge in [-0.15, -0.1) is 0 Å². The number of carbonyl (C=O) groups excluding carboxylic acids is 1. The molecule has 1 aromatic rings. The summed E-state index contributed by atoms with van der Waals surface area (Å²) in [5.74, 6) is -3.48. The van der Waals surface area contributed by atoms with E-state index in [0.717, 1.165) is 11.1 Å². The van der Waals surface area contributed by atoms with Gasteiger partial charge >= 0.3 is 12.4 Å². The van der Waals surface area contributed by atoms with Crippen LogP contribution in [-0.4, -0.2) is 24.3 Å². The van der Waals surface area contributed by atoms with E-state index in [1.165, 1.54) is 6.07 Å². The molecule has 0 radical (unpaired) electrons. The predicted octanol–water partition coefficient (Wildman–Crippen LogP) is 4.32. The van der Waals surface area contributed by atoms with Gasteiger partial charge in [0.25, 0.3) is 5.91 Å². The molecule has 0 aromatic heterocycles. The Kier molecular flexibility index (Phi) is 5.42. The predicted molar refractivity (Wildman–Crippen MR) is 85.8 cm³/mol. The average molecular weight is 394 g/mol. The fraction of sp³-hybridized carbons (Fsp3) is 0.611. The van der Waals surface area contributed by atoms with E-state index < -0.39 is 36.1 Å². The van der Waals surface area contributed by atoms with Crippen LogP contribution in [0.1, 0.15) is 47.2 Å². The van der Waals surface area contributed by atoms with Gasteiger partial charge in [0.15, 0.2) is 0 Å². The van der Waals surface area contributed by atoms with Crippen molar-refractivity contribution >= 4 is 5.91 Å². The Balaban J connectivity index is 1.70. The van der Waals surface area contributed by atoms with E-state index in [1.54, 1.807) is 12.1 Å². The van der Waals surface area contributed by atoms with Crippen molar-refractivity contribution in [3.8, 4) is 0 Å². The number of hydrogen-bond acceptors (Lipinski definition) is 2. The summed E-state index contributed by atoms with van der Waals surface area (Å²) >= 11 is 0. The number of amides is 1. The number of carbonyl (C=O) groups is 1. The number of fused-ring (bicyclic) bond motifs is 1. The molecule has 0 unspecified atom stereocenters. The highest BCUT2D eigenvalue weighted by Crippen LogP contribution is 2.42. The first-order valence-electron chi connectivity index (χ1n) is 8.82. The summed E-state index contributed by atoms with van der Waals surface area (Å²) in [7, 11) is 0. The molecule has 3 rings (SSSR count). The second-order valence-electron chi connectivity index (χ2n) is 7.23. The van der Waals surface area contributed by atoms with Crippen molar-refractivity contribution in [2.24, 2.45) is 11.8 Å². The number of nitrogens with one attached hydrogen (secondary N) is 2. The SMILES string of the molecule is O=C(N[C@H](C1CCC(C(F)(F)F)CC1)C(F)(F)F)c1ccc2c(c1)CNC2. The lowest BCUT2D eigenvalue weighted by molar-refractivity contribution is -0.193. The van der Waals surface area contributed by atoms with Crippen molar-refractivity contribution in [3.63, 3.8) is 0 Å². The van der Waals surface area contributed by atoms with Gasteiger partial charge in [-0.2, -0.15) is 26.3 Å². The fourth-order valence-corrected chi connectivity index (χ4v) is 3.91. The van der Waals surface area contributed by atoms with E-state index in [4.69, 9.17) is 0 Å². The van der Waals surface area contributed by atoms with Crippen molar-refractivity contribution in [2.75, 3.05) is 0 Å². The number of hydrogen-bond donors (Lipinski definition) is 2. The van der Waals surface area contributed by atoms with Crippen molar-refractivity contribution in [2.45, 2.75) is 57.2 Å². The van der Waals surface area contributed by atoms with E-state index in [2.05, 4.69) is 5.32 Å². The molecule has 2 aliphatic rings. The maximum atomic E-state index is 13.5. The molecule has 2 N–H and O–H groups in total. The molecule has 1 saturated carbocycles. The van der Waals surface area contributed by atoms with Gasteiger partial charge in [0.05, 0.1) is 5.92 Å². The van der Waals surface area contributed by atoms with Crippen molar-refractivity contribution in [1.82, 2.24) is 10.6 Å². The summed E-state index contributed by atoms with van der Waals surface area (Å²) in [6.07, 6.45) is -10.2. The Morgan fingerprint density at radius 1 is 1.00 bits per heavy atom. The Hall–Kier alpha value is -1.77. The molecule has 27 heavy (non-hydrogen) atoms. The smallest absolute Gasteiger partial charge is 0.340 e. The van der Waals surface area contributed by atoms with Gasteiger partial charge < -0.3 is 10.6 Å².